The van der Waals surface area contributed by atoms with Gasteiger partial charge >= 0.3 is 5.97 Å². The predicted octanol–water partition coefficient (Wildman–Crippen LogP) is -16.0. The first-order valence-corrected chi connectivity index (χ1v) is 26.5. The first-order valence-electron chi connectivity index (χ1n) is 26.5. The topological polar surface area (TPSA) is 766 Å². The molecule has 0 atom stereocenters. The highest BCUT2D eigenvalue weighted by molar-refractivity contribution is 5.66. The number of carbonyl (C=O) groups is 1. The van der Waals surface area contributed by atoms with Gasteiger partial charge in [-0.1, -0.05) is 58.3 Å². The SMILES string of the molecule is CCCCCCCCCCCC(=O)O.OCC(O)CO.OCC(O)CO.OCC(O)CO.OCC(O)CO.OCC(O)CO.OCC(O)CO.OCC(O)CO.OCC(O)CO.OCC(O)CO.OCC(O)CO.OCC(O)CO.OCC(O)CO. The Morgan fingerprint density at radius 3 is 0.360 bits per heavy atom. The van der Waals surface area contributed by atoms with E-state index in [0.717, 1.165) is 12.8 Å². The number of carboxylic acids is 1. The molecule has 0 aliphatic heterocycles. The fraction of sp³-hybridized carbons (Fsp3) is 0.979. The molecule has 0 amide bonds. The van der Waals surface area contributed by atoms with Crippen LogP contribution in [-0.4, -0.2) is 427 Å². The maximum atomic E-state index is 10.2. The van der Waals surface area contributed by atoms with Gasteiger partial charge in [-0.15, -0.1) is 0 Å². The molecule has 38 nitrogen and oxygen atoms in total. The Kier molecular flexibility index (Phi) is 148. The summed E-state index contributed by atoms with van der Waals surface area (Å²) in [6, 6.07) is 0. The summed E-state index contributed by atoms with van der Waals surface area (Å²) in [4.78, 5) is 10.2. The van der Waals surface area contributed by atoms with Crippen molar-refractivity contribution in [2.45, 2.75) is 144 Å². The highest BCUT2D eigenvalue weighted by Crippen LogP contribution is 2.10. The summed E-state index contributed by atoms with van der Waals surface area (Å²) in [5, 5.41) is 297. The molecule has 0 heterocycles. The van der Waals surface area contributed by atoms with Crippen molar-refractivity contribution in [1.29, 1.82) is 0 Å². The van der Waals surface area contributed by atoms with E-state index >= 15 is 0 Å². The van der Waals surface area contributed by atoms with Crippen LogP contribution in [-0.2, 0) is 4.79 Å². The molecular formula is C48H120O38. The summed E-state index contributed by atoms with van der Waals surface area (Å²) in [6.07, 6.45) is 0.0338. The van der Waals surface area contributed by atoms with Gasteiger partial charge in [0.25, 0.3) is 0 Å². The van der Waals surface area contributed by atoms with Crippen molar-refractivity contribution in [3.05, 3.63) is 0 Å². The summed E-state index contributed by atoms with van der Waals surface area (Å²) in [5.41, 5.74) is 0. The zero-order chi connectivity index (χ0) is 70.5. The number of aliphatic hydroxyl groups is 36. The van der Waals surface area contributed by atoms with Gasteiger partial charge in [0.15, 0.2) is 0 Å². The molecule has 0 aromatic heterocycles. The lowest BCUT2D eigenvalue weighted by Gasteiger charge is -2.00. The van der Waals surface area contributed by atoms with Gasteiger partial charge in [0.05, 0.1) is 159 Å². The standard InChI is InChI=1S/C12H24O2.12C3H8O3/c1-2-3-4-5-6-7-8-9-10-11-12(13)14;12*4-1-3(6)2-5/h2-11H2,1H3,(H,13,14);12*3-6H,1-2H2. The molecule has 0 aromatic carbocycles. The van der Waals surface area contributed by atoms with Crippen LogP contribution in [0.25, 0.3) is 0 Å². The van der Waals surface area contributed by atoms with Crippen LogP contribution >= 0.6 is 0 Å². The predicted molar refractivity (Wildman–Crippen MR) is 302 cm³/mol. The van der Waals surface area contributed by atoms with Gasteiger partial charge in [-0.05, 0) is 6.42 Å². The van der Waals surface area contributed by atoms with E-state index in [-0.39, 0.29) is 159 Å². The zero-order valence-corrected chi connectivity index (χ0v) is 49.4. The molecule has 540 valence electrons. The van der Waals surface area contributed by atoms with Crippen molar-refractivity contribution < 1.29 is 194 Å². The lowest BCUT2D eigenvalue weighted by atomic mass is 10.1. The fourth-order valence-electron chi connectivity index (χ4n) is 2.28. The average molecular weight is 1310 g/mol. The van der Waals surface area contributed by atoms with Gasteiger partial charge in [0.2, 0.25) is 0 Å². The van der Waals surface area contributed by atoms with Crippen LogP contribution < -0.4 is 0 Å². The van der Waals surface area contributed by atoms with Crippen LogP contribution in [0.5, 0.6) is 0 Å². The Hall–Kier alpha value is -1.97. The van der Waals surface area contributed by atoms with E-state index in [2.05, 4.69) is 6.92 Å². The van der Waals surface area contributed by atoms with E-state index < -0.39 is 79.2 Å². The second kappa shape index (κ2) is 111. The number of hydrogen-bond acceptors (Lipinski definition) is 37. The lowest BCUT2D eigenvalue weighted by Crippen LogP contribution is -2.15. The molecule has 38 heteroatoms. The molecule has 0 radical (unpaired) electrons. The van der Waals surface area contributed by atoms with Gasteiger partial charge in [-0.25, -0.2) is 0 Å². The maximum Gasteiger partial charge on any atom is 0.303 e. The number of carboxylic acid groups (broad SMARTS) is 1. The van der Waals surface area contributed by atoms with E-state index in [1.165, 1.54) is 44.9 Å². The number of unbranched alkanes of at least 4 members (excludes halogenated alkanes) is 8. The first-order chi connectivity index (χ1) is 40.5. The molecule has 86 heavy (non-hydrogen) atoms. The van der Waals surface area contributed by atoms with Crippen molar-refractivity contribution in [3.8, 4) is 0 Å². The van der Waals surface area contributed by atoms with E-state index in [1.807, 2.05) is 0 Å². The second-order valence-corrected chi connectivity index (χ2v) is 16.2. The smallest absolute Gasteiger partial charge is 0.303 e. The van der Waals surface area contributed by atoms with E-state index in [0.29, 0.717) is 6.42 Å². The number of aliphatic carboxylic acids is 1. The normalized spacial score (nSPS) is 10.1. The van der Waals surface area contributed by atoms with Crippen LogP contribution in [0.3, 0.4) is 0 Å². The van der Waals surface area contributed by atoms with Gasteiger partial charge in [0.1, 0.15) is 73.2 Å². The molecule has 0 spiro atoms. The Bertz CT molecular complexity index is 768. The van der Waals surface area contributed by atoms with Crippen molar-refractivity contribution in [1.82, 2.24) is 0 Å². The van der Waals surface area contributed by atoms with Crippen molar-refractivity contribution in [3.63, 3.8) is 0 Å². The summed E-state index contributed by atoms with van der Waals surface area (Å²) >= 11 is 0. The average Bonchev–Trinajstić information content (AvgIpc) is 3.56. The molecule has 0 unspecified atom stereocenters. The fourth-order valence-corrected chi connectivity index (χ4v) is 2.28. The Balaban J connectivity index is -0.0000000618. The summed E-state index contributed by atoms with van der Waals surface area (Å²) in [5.74, 6) is -0.659. The van der Waals surface area contributed by atoms with E-state index in [1.54, 1.807) is 0 Å². The van der Waals surface area contributed by atoms with E-state index in [4.69, 9.17) is 189 Å². The monoisotopic (exact) mass is 1300 g/mol. The highest BCUT2D eigenvalue weighted by Gasteiger charge is 2.00. The molecule has 0 aliphatic rings. The Labute approximate surface area is 502 Å². The summed E-state index contributed by atoms with van der Waals surface area (Å²) < 4.78 is 0. The minimum atomic E-state index is -0.954. The largest absolute Gasteiger partial charge is 0.481 e. The molecule has 0 saturated carbocycles. The molecule has 0 saturated heterocycles. The molecule has 0 bridgehead atoms. The van der Waals surface area contributed by atoms with Crippen molar-refractivity contribution in [2.75, 3.05) is 159 Å². The number of hydrogen-bond donors (Lipinski definition) is 37. The number of aliphatic hydroxyl groups excluding tert-OH is 36. The zero-order valence-electron chi connectivity index (χ0n) is 49.4. The number of rotatable bonds is 34. The maximum absolute atomic E-state index is 10.2. The Morgan fingerprint density at radius 2 is 0.291 bits per heavy atom. The van der Waals surface area contributed by atoms with Gasteiger partial charge in [-0.2, -0.15) is 0 Å². The molecule has 0 aromatic rings. The van der Waals surface area contributed by atoms with E-state index in [9.17, 15) is 4.79 Å². The van der Waals surface area contributed by atoms with Crippen LogP contribution in [0, 0.1) is 0 Å². The molecule has 0 aliphatic carbocycles. The third-order valence-electron chi connectivity index (χ3n) is 7.55. The first kappa shape index (κ1) is 115. The third kappa shape index (κ3) is 166. The van der Waals surface area contributed by atoms with Crippen LogP contribution in [0.1, 0.15) is 71.1 Å². The molecule has 0 rings (SSSR count). The summed E-state index contributed by atoms with van der Waals surface area (Å²) in [7, 11) is 0. The molecule has 37 N–H and O–H groups in total. The lowest BCUT2D eigenvalue weighted by molar-refractivity contribution is -0.137. The van der Waals surface area contributed by atoms with Crippen molar-refractivity contribution >= 4 is 5.97 Å². The van der Waals surface area contributed by atoms with Gasteiger partial charge in [-0.3, -0.25) is 4.79 Å². The minimum absolute atomic E-state index is 0.343. The quantitative estimate of drug-likeness (QED) is 0.0266. The molecular weight excluding hydrogens is 1180 g/mol. The summed E-state index contributed by atoms with van der Waals surface area (Å²) in [6.45, 7) is -6.52. The molecule has 0 fully saturated rings. The third-order valence-corrected chi connectivity index (χ3v) is 7.55. The van der Waals surface area contributed by atoms with Crippen molar-refractivity contribution in [2.24, 2.45) is 0 Å². The second-order valence-electron chi connectivity index (χ2n) is 16.2. The van der Waals surface area contributed by atoms with Gasteiger partial charge in [0, 0.05) is 6.42 Å². The van der Waals surface area contributed by atoms with Gasteiger partial charge < -0.3 is 189 Å². The minimum Gasteiger partial charge on any atom is -0.481 e. The van der Waals surface area contributed by atoms with Crippen LogP contribution in [0.2, 0.25) is 0 Å². The van der Waals surface area contributed by atoms with Crippen LogP contribution in [0.4, 0.5) is 0 Å². The Morgan fingerprint density at radius 1 is 0.198 bits per heavy atom. The highest BCUT2D eigenvalue weighted by atomic mass is 16.4. The van der Waals surface area contributed by atoms with Crippen LogP contribution in [0.15, 0.2) is 0 Å².